The number of rotatable bonds is 6. The van der Waals surface area contributed by atoms with Crippen molar-refractivity contribution in [3.8, 4) is 0 Å². The van der Waals surface area contributed by atoms with Crippen molar-refractivity contribution in [2.45, 2.75) is 109 Å². The first-order chi connectivity index (χ1) is 13.4. The Kier molecular flexibility index (Phi) is 7.47. The van der Waals surface area contributed by atoms with Crippen molar-refractivity contribution in [3.05, 3.63) is 43.2 Å². The summed E-state index contributed by atoms with van der Waals surface area (Å²) in [6, 6.07) is 0. The molecule has 0 aromatic carbocycles. The van der Waals surface area contributed by atoms with Crippen LogP contribution >= 0.6 is 11.8 Å². The van der Waals surface area contributed by atoms with Crippen LogP contribution in [0, 0.1) is 22.7 Å². The Labute approximate surface area is 186 Å². The van der Waals surface area contributed by atoms with E-state index in [9.17, 15) is 0 Å². The Hall–Kier alpha value is -0.690. The molecular formula is C28H46S. The van der Waals surface area contributed by atoms with Crippen LogP contribution < -0.4 is 0 Å². The molecule has 164 valence electrons. The number of thioether (sulfide) groups is 1. The molecule has 2 aliphatic rings. The van der Waals surface area contributed by atoms with Crippen molar-refractivity contribution in [2.24, 2.45) is 22.7 Å². The lowest BCUT2D eigenvalue weighted by Gasteiger charge is -2.45. The minimum Gasteiger partial charge on any atom is -0.0896 e. The van der Waals surface area contributed by atoms with Crippen LogP contribution in [0.15, 0.2) is 43.2 Å². The molecule has 2 rings (SSSR count). The maximum absolute atomic E-state index is 2.46. The van der Waals surface area contributed by atoms with Crippen molar-refractivity contribution in [2.75, 3.05) is 0 Å². The third kappa shape index (κ3) is 3.86. The third-order valence-electron chi connectivity index (χ3n) is 8.62. The van der Waals surface area contributed by atoms with E-state index in [1.165, 1.54) is 12.8 Å². The summed E-state index contributed by atoms with van der Waals surface area (Å²) in [7, 11) is 0. The quantitative estimate of drug-likeness (QED) is 0.416. The molecule has 0 bridgehead atoms. The second-order valence-corrected chi connectivity index (χ2v) is 11.4. The van der Waals surface area contributed by atoms with Gasteiger partial charge in [0.15, 0.2) is 0 Å². The van der Waals surface area contributed by atoms with Gasteiger partial charge in [0.2, 0.25) is 0 Å². The van der Waals surface area contributed by atoms with Crippen molar-refractivity contribution >= 4 is 11.8 Å². The van der Waals surface area contributed by atoms with Crippen LogP contribution in [0.1, 0.15) is 109 Å². The number of allylic oxidation sites excluding steroid dienone is 6. The van der Waals surface area contributed by atoms with Crippen LogP contribution in [0.4, 0.5) is 0 Å². The Morgan fingerprint density at radius 1 is 0.621 bits per heavy atom. The number of hydrogen-bond acceptors (Lipinski definition) is 1. The summed E-state index contributed by atoms with van der Waals surface area (Å²) in [5.41, 5.74) is 10.2. The molecule has 0 amide bonds. The van der Waals surface area contributed by atoms with Gasteiger partial charge >= 0.3 is 0 Å². The van der Waals surface area contributed by atoms with E-state index < -0.39 is 0 Å². The smallest absolute Gasteiger partial charge is 0.0146 e. The minimum absolute atomic E-state index is 0.261. The molecule has 0 radical (unpaired) electrons. The summed E-state index contributed by atoms with van der Waals surface area (Å²) < 4.78 is 0. The van der Waals surface area contributed by atoms with Gasteiger partial charge in [-0.3, -0.25) is 0 Å². The van der Waals surface area contributed by atoms with Crippen molar-refractivity contribution in [1.29, 1.82) is 0 Å². The van der Waals surface area contributed by atoms with Gasteiger partial charge in [-0.15, -0.1) is 0 Å². The zero-order valence-corrected chi connectivity index (χ0v) is 22.2. The lowest BCUT2D eigenvalue weighted by molar-refractivity contribution is 0.287. The van der Waals surface area contributed by atoms with Gasteiger partial charge in [0.05, 0.1) is 0 Å². The van der Waals surface area contributed by atoms with E-state index in [0.29, 0.717) is 11.8 Å². The van der Waals surface area contributed by atoms with Crippen LogP contribution in [0.5, 0.6) is 0 Å². The topological polar surface area (TPSA) is 0 Å². The zero-order valence-electron chi connectivity index (χ0n) is 21.4. The molecule has 2 unspecified atom stereocenters. The predicted octanol–water partition coefficient (Wildman–Crippen LogP) is 9.85. The Bertz CT molecular complexity index is 713. The highest BCUT2D eigenvalue weighted by molar-refractivity contribution is 8.07. The normalized spacial score (nSPS) is 27.3. The van der Waals surface area contributed by atoms with Gasteiger partial charge in [0.1, 0.15) is 0 Å². The van der Waals surface area contributed by atoms with Gasteiger partial charge < -0.3 is 0 Å². The second kappa shape index (κ2) is 8.81. The SMILES string of the molecule is CCC1=C(C)C(C)(C)C(CC)C(C)=C1SC1=C(C)C(CC)C(C)(C)C(C)=C1CC. The maximum Gasteiger partial charge on any atom is 0.0146 e. The Morgan fingerprint density at radius 2 is 0.931 bits per heavy atom. The Balaban J connectivity index is 2.69. The lowest BCUT2D eigenvalue weighted by atomic mass is 9.64. The third-order valence-corrected chi connectivity index (χ3v) is 10.2. The molecule has 2 aliphatic carbocycles. The van der Waals surface area contributed by atoms with E-state index in [1.54, 1.807) is 43.2 Å². The molecule has 0 N–H and O–H groups in total. The average molecular weight is 415 g/mol. The van der Waals surface area contributed by atoms with Crippen LogP contribution in [0.3, 0.4) is 0 Å². The highest BCUT2D eigenvalue weighted by Crippen LogP contribution is 2.57. The fourth-order valence-electron chi connectivity index (χ4n) is 6.39. The van der Waals surface area contributed by atoms with Crippen LogP contribution in [0.25, 0.3) is 0 Å². The van der Waals surface area contributed by atoms with Gasteiger partial charge in [-0.2, -0.15) is 0 Å². The molecule has 0 aromatic heterocycles. The van der Waals surface area contributed by atoms with Crippen LogP contribution in [0.2, 0.25) is 0 Å². The van der Waals surface area contributed by atoms with Crippen LogP contribution in [-0.4, -0.2) is 0 Å². The molecule has 1 heteroatoms. The zero-order chi connectivity index (χ0) is 22.3. The fourth-order valence-corrected chi connectivity index (χ4v) is 8.04. The molecule has 0 aromatic rings. The van der Waals surface area contributed by atoms with E-state index in [4.69, 9.17) is 0 Å². The summed E-state index contributed by atoms with van der Waals surface area (Å²) in [6.45, 7) is 28.9. The first kappa shape index (κ1) is 24.6. The first-order valence-corrected chi connectivity index (χ1v) is 12.7. The average Bonchev–Trinajstić information content (AvgIpc) is 2.65. The van der Waals surface area contributed by atoms with Gasteiger partial charge in [0, 0.05) is 9.81 Å². The van der Waals surface area contributed by atoms with Gasteiger partial charge in [-0.1, -0.05) is 89.4 Å². The summed E-state index contributed by atoms with van der Waals surface area (Å²) in [6.07, 6.45) is 4.69. The fraction of sp³-hybridized carbons (Fsp3) is 0.714. The molecule has 0 saturated carbocycles. The molecule has 2 atom stereocenters. The molecule has 29 heavy (non-hydrogen) atoms. The molecule has 0 fully saturated rings. The Morgan fingerprint density at radius 3 is 1.17 bits per heavy atom. The first-order valence-electron chi connectivity index (χ1n) is 11.9. The molecule has 0 saturated heterocycles. The van der Waals surface area contributed by atoms with E-state index in [-0.39, 0.29) is 10.8 Å². The van der Waals surface area contributed by atoms with Gasteiger partial charge in [0.25, 0.3) is 0 Å². The predicted molar refractivity (Wildman–Crippen MR) is 134 cm³/mol. The van der Waals surface area contributed by atoms with Crippen molar-refractivity contribution in [3.63, 3.8) is 0 Å². The van der Waals surface area contributed by atoms with Crippen molar-refractivity contribution < 1.29 is 0 Å². The van der Waals surface area contributed by atoms with E-state index >= 15 is 0 Å². The van der Waals surface area contributed by atoms with Crippen LogP contribution in [-0.2, 0) is 0 Å². The molecule has 0 nitrogen and oxygen atoms in total. The van der Waals surface area contributed by atoms with Gasteiger partial charge in [-0.25, -0.2) is 0 Å². The standard InChI is InChI=1S/C28H46S/c1-13-21-19(7)27(9,10)23(15-3)17(5)25(21)29-26-18(6)24(16-4)28(11,12)20(8)22(26)14-2/h23-24H,13-16H2,1-12H3. The van der Waals surface area contributed by atoms with Crippen molar-refractivity contribution in [1.82, 2.24) is 0 Å². The summed E-state index contributed by atoms with van der Waals surface area (Å²) >= 11 is 2.11. The number of hydrogen-bond donors (Lipinski definition) is 0. The lowest BCUT2D eigenvalue weighted by Crippen LogP contribution is -2.32. The second-order valence-electron chi connectivity index (χ2n) is 10.4. The van der Waals surface area contributed by atoms with E-state index in [1.807, 2.05) is 0 Å². The monoisotopic (exact) mass is 414 g/mol. The largest absolute Gasteiger partial charge is 0.0896 e. The van der Waals surface area contributed by atoms with Gasteiger partial charge in [-0.05, 0) is 87.2 Å². The highest BCUT2D eigenvalue weighted by Gasteiger charge is 2.41. The molecule has 0 aliphatic heterocycles. The van der Waals surface area contributed by atoms with E-state index in [2.05, 4.69) is 94.8 Å². The van der Waals surface area contributed by atoms with E-state index in [0.717, 1.165) is 12.8 Å². The minimum atomic E-state index is 0.261. The summed E-state index contributed by atoms with van der Waals surface area (Å²) in [4.78, 5) is 3.16. The molecular weight excluding hydrogens is 368 g/mol. The summed E-state index contributed by atoms with van der Waals surface area (Å²) in [5, 5.41) is 0. The molecule has 0 spiro atoms. The highest BCUT2D eigenvalue weighted by atomic mass is 32.2. The molecule has 0 heterocycles. The maximum atomic E-state index is 2.46. The summed E-state index contributed by atoms with van der Waals surface area (Å²) in [5.74, 6) is 1.27.